The van der Waals surface area contributed by atoms with Gasteiger partial charge in [-0.1, -0.05) is 33.6 Å². The molecule has 0 amide bonds. The van der Waals surface area contributed by atoms with E-state index >= 15 is 0 Å². The fraction of sp³-hybridized carbons (Fsp3) is 1.00. The molecule has 0 radical (unpaired) electrons. The third kappa shape index (κ3) is 4.63. The monoisotopic (exact) mass is 188 g/mol. The van der Waals surface area contributed by atoms with E-state index in [9.17, 15) is 10.2 Å². The number of rotatable bonds is 7. The highest BCUT2D eigenvalue weighted by atomic mass is 16.3. The first-order chi connectivity index (χ1) is 6.17. The Balaban J connectivity index is 4.01. The van der Waals surface area contributed by atoms with Gasteiger partial charge in [-0.25, -0.2) is 0 Å². The third-order valence-electron chi connectivity index (χ3n) is 2.72. The van der Waals surface area contributed by atoms with E-state index in [1.54, 1.807) is 0 Å². The van der Waals surface area contributed by atoms with Gasteiger partial charge in [0.25, 0.3) is 0 Å². The van der Waals surface area contributed by atoms with Gasteiger partial charge in [0.2, 0.25) is 0 Å². The second-order valence-electron chi connectivity index (χ2n) is 3.76. The molecule has 0 aromatic carbocycles. The summed E-state index contributed by atoms with van der Waals surface area (Å²) in [6.45, 7) is 6.06. The lowest BCUT2D eigenvalue weighted by atomic mass is 9.88. The quantitative estimate of drug-likeness (QED) is 0.644. The van der Waals surface area contributed by atoms with E-state index in [0.717, 1.165) is 32.1 Å². The first-order valence-corrected chi connectivity index (χ1v) is 5.53. The second kappa shape index (κ2) is 7.34. The molecule has 2 heteroatoms. The van der Waals surface area contributed by atoms with Gasteiger partial charge in [-0.3, -0.25) is 0 Å². The fourth-order valence-electron chi connectivity index (χ4n) is 1.69. The molecule has 2 atom stereocenters. The van der Waals surface area contributed by atoms with E-state index in [-0.39, 0.29) is 18.1 Å². The number of aliphatic hydroxyl groups excluding tert-OH is 2. The van der Waals surface area contributed by atoms with Crippen LogP contribution in [0.4, 0.5) is 0 Å². The van der Waals surface area contributed by atoms with Crippen LogP contribution in [0.3, 0.4) is 0 Å². The van der Waals surface area contributed by atoms with Crippen LogP contribution in [0.5, 0.6) is 0 Å². The zero-order valence-corrected chi connectivity index (χ0v) is 9.16. The summed E-state index contributed by atoms with van der Waals surface area (Å²) in [7, 11) is 0. The van der Waals surface area contributed by atoms with Crippen molar-refractivity contribution in [1.82, 2.24) is 0 Å². The largest absolute Gasteiger partial charge is 0.393 e. The summed E-state index contributed by atoms with van der Waals surface area (Å²) in [5, 5.41) is 19.4. The molecule has 80 valence electrons. The van der Waals surface area contributed by atoms with Crippen molar-refractivity contribution in [3.05, 3.63) is 0 Å². The lowest BCUT2D eigenvalue weighted by Gasteiger charge is -2.26. The molecule has 0 aliphatic heterocycles. The van der Waals surface area contributed by atoms with Gasteiger partial charge in [-0.15, -0.1) is 0 Å². The maximum atomic E-state index is 9.69. The molecule has 0 aliphatic rings. The van der Waals surface area contributed by atoms with Gasteiger partial charge in [-0.2, -0.15) is 0 Å². The molecular formula is C11H24O2. The summed E-state index contributed by atoms with van der Waals surface area (Å²) >= 11 is 0. The average molecular weight is 188 g/mol. The molecule has 2 nitrogen and oxygen atoms in total. The van der Waals surface area contributed by atoms with Crippen molar-refractivity contribution < 1.29 is 10.2 Å². The molecule has 13 heavy (non-hydrogen) atoms. The van der Waals surface area contributed by atoms with Crippen molar-refractivity contribution in [1.29, 1.82) is 0 Å². The molecule has 0 spiro atoms. The SMILES string of the molecule is CCCCC(C(O)CC)C(O)CC. The van der Waals surface area contributed by atoms with Crippen molar-refractivity contribution >= 4 is 0 Å². The van der Waals surface area contributed by atoms with E-state index in [2.05, 4.69) is 6.92 Å². The van der Waals surface area contributed by atoms with Crippen molar-refractivity contribution in [3.63, 3.8) is 0 Å². The van der Waals surface area contributed by atoms with Crippen LogP contribution in [0.1, 0.15) is 52.9 Å². The highest BCUT2D eigenvalue weighted by molar-refractivity contribution is 4.74. The summed E-state index contributed by atoms with van der Waals surface area (Å²) in [6, 6.07) is 0. The van der Waals surface area contributed by atoms with Crippen molar-refractivity contribution in [2.75, 3.05) is 0 Å². The zero-order valence-electron chi connectivity index (χ0n) is 9.16. The third-order valence-corrected chi connectivity index (χ3v) is 2.72. The Morgan fingerprint density at radius 2 is 1.38 bits per heavy atom. The minimum absolute atomic E-state index is 0.0787. The van der Waals surface area contributed by atoms with Gasteiger partial charge in [0.1, 0.15) is 0 Å². The summed E-state index contributed by atoms with van der Waals surface area (Å²) in [5.74, 6) is 0.0787. The Labute approximate surface area is 82.0 Å². The average Bonchev–Trinajstić information content (AvgIpc) is 2.17. The van der Waals surface area contributed by atoms with E-state index in [4.69, 9.17) is 0 Å². The molecule has 0 saturated carbocycles. The van der Waals surface area contributed by atoms with Crippen LogP contribution in [-0.2, 0) is 0 Å². The molecule has 2 unspecified atom stereocenters. The van der Waals surface area contributed by atoms with Crippen LogP contribution < -0.4 is 0 Å². The predicted octanol–water partition coefficient (Wildman–Crippen LogP) is 2.33. The summed E-state index contributed by atoms with van der Waals surface area (Å²) in [5.41, 5.74) is 0. The molecular weight excluding hydrogens is 164 g/mol. The number of hydrogen-bond acceptors (Lipinski definition) is 2. The van der Waals surface area contributed by atoms with E-state index in [1.165, 1.54) is 0 Å². The van der Waals surface area contributed by atoms with Gasteiger partial charge in [0, 0.05) is 5.92 Å². The van der Waals surface area contributed by atoms with Crippen LogP contribution in [0.2, 0.25) is 0 Å². The van der Waals surface area contributed by atoms with E-state index in [0.29, 0.717) is 0 Å². The van der Waals surface area contributed by atoms with Crippen molar-refractivity contribution in [2.45, 2.75) is 65.1 Å². The molecule has 2 N–H and O–H groups in total. The summed E-state index contributed by atoms with van der Waals surface area (Å²) in [4.78, 5) is 0. The van der Waals surface area contributed by atoms with Gasteiger partial charge in [0.05, 0.1) is 12.2 Å². The topological polar surface area (TPSA) is 40.5 Å². The summed E-state index contributed by atoms with van der Waals surface area (Å²) < 4.78 is 0. The molecule has 0 rings (SSSR count). The van der Waals surface area contributed by atoms with Crippen LogP contribution in [0.15, 0.2) is 0 Å². The predicted molar refractivity (Wildman–Crippen MR) is 55.6 cm³/mol. The number of aliphatic hydroxyl groups is 2. The van der Waals surface area contributed by atoms with Gasteiger partial charge in [-0.05, 0) is 19.3 Å². The maximum Gasteiger partial charge on any atom is 0.0590 e. The van der Waals surface area contributed by atoms with E-state index < -0.39 is 0 Å². The molecule has 0 aromatic heterocycles. The smallest absolute Gasteiger partial charge is 0.0590 e. The Morgan fingerprint density at radius 1 is 0.923 bits per heavy atom. The first-order valence-electron chi connectivity index (χ1n) is 5.53. The number of hydrogen-bond donors (Lipinski definition) is 2. The van der Waals surface area contributed by atoms with Gasteiger partial charge < -0.3 is 10.2 Å². The van der Waals surface area contributed by atoms with Crippen LogP contribution >= 0.6 is 0 Å². The minimum atomic E-state index is -0.332. The fourth-order valence-corrected chi connectivity index (χ4v) is 1.69. The Kier molecular flexibility index (Phi) is 7.29. The molecule has 0 bridgehead atoms. The molecule has 0 saturated heterocycles. The normalized spacial score (nSPS) is 18.2. The van der Waals surface area contributed by atoms with Crippen LogP contribution in [0, 0.1) is 5.92 Å². The first kappa shape index (κ1) is 12.9. The molecule has 0 fully saturated rings. The molecule has 0 heterocycles. The van der Waals surface area contributed by atoms with Gasteiger partial charge in [0.15, 0.2) is 0 Å². The lowest BCUT2D eigenvalue weighted by Crippen LogP contribution is -2.31. The number of unbranched alkanes of at least 4 members (excludes halogenated alkanes) is 1. The van der Waals surface area contributed by atoms with Crippen LogP contribution in [0.25, 0.3) is 0 Å². The second-order valence-corrected chi connectivity index (χ2v) is 3.76. The standard InChI is InChI=1S/C11H24O2/c1-4-7-8-9(10(12)5-2)11(13)6-3/h9-13H,4-8H2,1-3H3. The van der Waals surface area contributed by atoms with Crippen molar-refractivity contribution in [3.8, 4) is 0 Å². The van der Waals surface area contributed by atoms with Crippen molar-refractivity contribution in [2.24, 2.45) is 5.92 Å². The zero-order chi connectivity index (χ0) is 10.3. The Hall–Kier alpha value is -0.0800. The highest BCUT2D eigenvalue weighted by Gasteiger charge is 2.23. The maximum absolute atomic E-state index is 9.69. The summed E-state index contributed by atoms with van der Waals surface area (Å²) in [6.07, 6.45) is 3.99. The van der Waals surface area contributed by atoms with Crippen LogP contribution in [-0.4, -0.2) is 22.4 Å². The minimum Gasteiger partial charge on any atom is -0.393 e. The lowest BCUT2D eigenvalue weighted by molar-refractivity contribution is 0.00368. The Bertz CT molecular complexity index is 105. The molecule has 0 aromatic rings. The molecule has 0 aliphatic carbocycles. The van der Waals surface area contributed by atoms with Gasteiger partial charge >= 0.3 is 0 Å². The van der Waals surface area contributed by atoms with E-state index in [1.807, 2.05) is 13.8 Å². The Morgan fingerprint density at radius 3 is 1.69 bits per heavy atom. The highest BCUT2D eigenvalue weighted by Crippen LogP contribution is 2.21.